The van der Waals surface area contributed by atoms with Crippen LogP contribution >= 0.6 is 0 Å². The first-order chi connectivity index (χ1) is 12.5. The van der Waals surface area contributed by atoms with Gasteiger partial charge in [-0.1, -0.05) is 0 Å². The van der Waals surface area contributed by atoms with Gasteiger partial charge in [0, 0.05) is 31.3 Å². The lowest BCUT2D eigenvalue weighted by Crippen LogP contribution is -2.17. The number of hydrogen-bond acceptors (Lipinski definition) is 3. The summed E-state index contributed by atoms with van der Waals surface area (Å²) in [5.74, 6) is -1.88. The summed E-state index contributed by atoms with van der Waals surface area (Å²) in [5, 5.41) is 9.73. The molecule has 2 aromatic heterocycles. The molecule has 136 valence electrons. The van der Waals surface area contributed by atoms with Gasteiger partial charge in [0.15, 0.2) is 11.6 Å². The maximum atomic E-state index is 13.7. The van der Waals surface area contributed by atoms with E-state index in [2.05, 4.69) is 20.5 Å². The van der Waals surface area contributed by atoms with Crippen molar-refractivity contribution in [1.29, 1.82) is 0 Å². The summed E-state index contributed by atoms with van der Waals surface area (Å²) in [7, 11) is 1.60. The number of aromatic amines is 1. The highest BCUT2D eigenvalue weighted by molar-refractivity contribution is 5.77. The number of amides is 1. The Morgan fingerprint density at radius 2 is 2.08 bits per heavy atom. The Labute approximate surface area is 149 Å². The number of imidazole rings is 1. The number of hydrogen-bond donors (Lipinski definition) is 2. The molecule has 0 aliphatic heterocycles. The molecule has 26 heavy (non-hydrogen) atoms. The van der Waals surface area contributed by atoms with Gasteiger partial charge in [-0.25, -0.2) is 13.8 Å². The minimum atomic E-state index is -0.930. The van der Waals surface area contributed by atoms with Crippen molar-refractivity contribution >= 4 is 5.91 Å². The van der Waals surface area contributed by atoms with Crippen LogP contribution in [0.15, 0.2) is 30.6 Å². The van der Waals surface area contributed by atoms with E-state index < -0.39 is 11.6 Å². The van der Waals surface area contributed by atoms with E-state index in [9.17, 15) is 13.6 Å². The summed E-state index contributed by atoms with van der Waals surface area (Å²) in [4.78, 5) is 15.8. The fourth-order valence-electron chi connectivity index (χ4n) is 2.75. The largest absolute Gasteiger partial charge is 0.359 e. The zero-order valence-electron chi connectivity index (χ0n) is 14.5. The van der Waals surface area contributed by atoms with Gasteiger partial charge in [0.05, 0.1) is 17.7 Å². The van der Waals surface area contributed by atoms with Crippen LogP contribution in [0.4, 0.5) is 8.78 Å². The molecule has 0 saturated heterocycles. The van der Waals surface area contributed by atoms with Crippen molar-refractivity contribution in [3.63, 3.8) is 0 Å². The summed E-state index contributed by atoms with van der Waals surface area (Å²) in [5.41, 5.74) is 3.19. The molecule has 0 radical (unpaired) electrons. The molecule has 1 aromatic carbocycles. The normalized spacial score (nSPS) is 10.9. The standard InChI is InChI=1S/C18H19F2N5O/c1-11-8-15(24-23-11)18-17(12-5-6-13(19)14(20)9-12)22-10-25(18)7-3-4-16(26)21-2/h5-6,8-10H,3-4,7H2,1-2H3,(H,21,26)(H,23,24). The summed E-state index contributed by atoms with van der Waals surface area (Å²) in [6.45, 7) is 2.42. The van der Waals surface area contributed by atoms with Crippen LogP contribution in [0.2, 0.25) is 0 Å². The van der Waals surface area contributed by atoms with E-state index in [1.54, 1.807) is 13.4 Å². The van der Waals surface area contributed by atoms with E-state index >= 15 is 0 Å². The zero-order valence-corrected chi connectivity index (χ0v) is 14.5. The van der Waals surface area contributed by atoms with Gasteiger partial charge in [-0.15, -0.1) is 0 Å². The molecule has 3 rings (SSSR count). The van der Waals surface area contributed by atoms with Crippen LogP contribution in [0.5, 0.6) is 0 Å². The average Bonchev–Trinajstić information content (AvgIpc) is 3.23. The highest BCUT2D eigenvalue weighted by Gasteiger charge is 2.18. The highest BCUT2D eigenvalue weighted by atomic mass is 19.2. The van der Waals surface area contributed by atoms with Gasteiger partial charge in [-0.3, -0.25) is 9.89 Å². The number of aromatic nitrogens is 4. The first-order valence-corrected chi connectivity index (χ1v) is 8.23. The second-order valence-corrected chi connectivity index (χ2v) is 5.98. The van der Waals surface area contributed by atoms with Crippen molar-refractivity contribution < 1.29 is 13.6 Å². The number of carbonyl (C=O) groups is 1. The summed E-state index contributed by atoms with van der Waals surface area (Å²) in [6, 6.07) is 5.54. The van der Waals surface area contributed by atoms with Gasteiger partial charge in [0.25, 0.3) is 0 Å². The van der Waals surface area contributed by atoms with Crippen LogP contribution in [0.1, 0.15) is 18.5 Å². The van der Waals surface area contributed by atoms with Gasteiger partial charge >= 0.3 is 0 Å². The molecule has 6 nitrogen and oxygen atoms in total. The molecular formula is C18H19F2N5O. The lowest BCUT2D eigenvalue weighted by Gasteiger charge is -2.08. The van der Waals surface area contributed by atoms with E-state index in [0.717, 1.165) is 17.8 Å². The summed E-state index contributed by atoms with van der Waals surface area (Å²) >= 11 is 0. The van der Waals surface area contributed by atoms with Crippen molar-refractivity contribution in [1.82, 2.24) is 25.1 Å². The molecule has 0 bridgehead atoms. The van der Waals surface area contributed by atoms with E-state index in [4.69, 9.17) is 0 Å². The second-order valence-electron chi connectivity index (χ2n) is 5.98. The third kappa shape index (κ3) is 3.63. The molecule has 0 fully saturated rings. The fraction of sp³-hybridized carbons (Fsp3) is 0.278. The lowest BCUT2D eigenvalue weighted by molar-refractivity contribution is -0.120. The fourth-order valence-corrected chi connectivity index (χ4v) is 2.75. The SMILES string of the molecule is CNC(=O)CCCn1cnc(-c2ccc(F)c(F)c2)c1-c1cc(C)[nH]n1. The molecule has 0 saturated carbocycles. The molecule has 1 amide bonds. The number of aryl methyl sites for hydroxylation is 2. The Morgan fingerprint density at radius 3 is 2.73 bits per heavy atom. The average molecular weight is 359 g/mol. The van der Waals surface area contributed by atoms with Crippen LogP contribution in [0.3, 0.4) is 0 Å². The molecule has 0 unspecified atom stereocenters. The van der Waals surface area contributed by atoms with Crippen LogP contribution in [0, 0.1) is 18.6 Å². The molecule has 3 aromatic rings. The number of rotatable bonds is 6. The Bertz CT molecular complexity index is 932. The van der Waals surface area contributed by atoms with Crippen LogP contribution in [-0.2, 0) is 11.3 Å². The smallest absolute Gasteiger partial charge is 0.219 e. The van der Waals surface area contributed by atoms with E-state index in [0.29, 0.717) is 42.0 Å². The Hall–Kier alpha value is -3.03. The summed E-state index contributed by atoms with van der Waals surface area (Å²) < 4.78 is 28.8. The minimum Gasteiger partial charge on any atom is -0.359 e. The van der Waals surface area contributed by atoms with Crippen molar-refractivity contribution in [3.8, 4) is 22.6 Å². The number of halogens is 2. The van der Waals surface area contributed by atoms with Gasteiger partial charge in [-0.05, 0) is 37.6 Å². The topological polar surface area (TPSA) is 75.6 Å². The van der Waals surface area contributed by atoms with Crippen LogP contribution in [0.25, 0.3) is 22.6 Å². The predicted molar refractivity (Wildman–Crippen MR) is 93.2 cm³/mol. The molecule has 8 heteroatoms. The monoisotopic (exact) mass is 359 g/mol. The van der Waals surface area contributed by atoms with Gasteiger partial charge in [-0.2, -0.15) is 5.10 Å². The summed E-state index contributed by atoms with van der Waals surface area (Å²) in [6.07, 6.45) is 2.62. The molecular weight excluding hydrogens is 340 g/mol. The predicted octanol–water partition coefficient (Wildman–Crippen LogP) is 3.05. The first kappa shape index (κ1) is 17.8. The Balaban J connectivity index is 1.99. The van der Waals surface area contributed by atoms with Crippen molar-refractivity contribution in [3.05, 3.63) is 47.9 Å². The van der Waals surface area contributed by atoms with E-state index in [1.807, 2.05) is 17.6 Å². The Morgan fingerprint density at radius 1 is 1.27 bits per heavy atom. The number of nitrogens with one attached hydrogen (secondary N) is 2. The maximum Gasteiger partial charge on any atom is 0.219 e. The second kappa shape index (κ2) is 7.47. The molecule has 0 aliphatic rings. The lowest BCUT2D eigenvalue weighted by atomic mass is 10.1. The van der Waals surface area contributed by atoms with Crippen molar-refractivity contribution in [2.24, 2.45) is 0 Å². The number of carbonyl (C=O) groups excluding carboxylic acids is 1. The zero-order chi connectivity index (χ0) is 18.7. The third-order valence-electron chi connectivity index (χ3n) is 4.06. The minimum absolute atomic E-state index is 0.0388. The van der Waals surface area contributed by atoms with Crippen LogP contribution in [-0.4, -0.2) is 32.7 Å². The van der Waals surface area contributed by atoms with Gasteiger partial charge < -0.3 is 9.88 Å². The molecule has 0 aliphatic carbocycles. The molecule has 0 spiro atoms. The number of benzene rings is 1. The molecule has 2 N–H and O–H groups in total. The Kier molecular flexibility index (Phi) is 5.11. The van der Waals surface area contributed by atoms with E-state index in [1.165, 1.54) is 6.07 Å². The molecule has 0 atom stereocenters. The maximum absolute atomic E-state index is 13.7. The first-order valence-electron chi connectivity index (χ1n) is 8.23. The van der Waals surface area contributed by atoms with Crippen molar-refractivity contribution in [2.45, 2.75) is 26.3 Å². The third-order valence-corrected chi connectivity index (χ3v) is 4.06. The van der Waals surface area contributed by atoms with E-state index in [-0.39, 0.29) is 5.91 Å². The van der Waals surface area contributed by atoms with Crippen LogP contribution < -0.4 is 5.32 Å². The quantitative estimate of drug-likeness (QED) is 0.710. The number of H-pyrrole nitrogens is 1. The van der Waals surface area contributed by atoms with Crippen molar-refractivity contribution in [2.75, 3.05) is 7.05 Å². The van der Waals surface area contributed by atoms with Gasteiger partial charge in [0.2, 0.25) is 5.91 Å². The van der Waals surface area contributed by atoms with Gasteiger partial charge in [0.1, 0.15) is 5.69 Å². The highest BCUT2D eigenvalue weighted by Crippen LogP contribution is 2.31. The molecule has 2 heterocycles. The number of nitrogens with zero attached hydrogens (tertiary/aromatic N) is 3.